The minimum absolute atomic E-state index is 0.00454. The molecule has 7 heteroatoms. The number of cyclic esters (lactones) is 1. The Morgan fingerprint density at radius 1 is 1.57 bits per heavy atom. The van der Waals surface area contributed by atoms with Gasteiger partial charge in [0.05, 0.1) is 13.2 Å². The van der Waals surface area contributed by atoms with Gasteiger partial charge in [0.25, 0.3) is 0 Å². The fourth-order valence-corrected chi connectivity index (χ4v) is 3.10. The van der Waals surface area contributed by atoms with E-state index < -0.39 is 6.17 Å². The molecule has 3 rings (SSSR count). The molecule has 0 saturated carbocycles. The molecular weight excluding hydrogens is 275 g/mol. The summed E-state index contributed by atoms with van der Waals surface area (Å²) in [7, 11) is 1.89. The predicted molar refractivity (Wildman–Crippen MR) is 74.7 cm³/mol. The molecule has 0 N–H and O–H groups in total. The van der Waals surface area contributed by atoms with Crippen molar-refractivity contribution in [2.24, 2.45) is 0 Å². The van der Waals surface area contributed by atoms with Gasteiger partial charge in [-0.25, -0.2) is 4.39 Å². The first-order valence-corrected chi connectivity index (χ1v) is 7.20. The lowest BCUT2D eigenvalue weighted by molar-refractivity contribution is -0.142. The molecule has 2 aliphatic heterocycles. The average Bonchev–Trinajstić information content (AvgIpc) is 3.06. The lowest BCUT2D eigenvalue weighted by Crippen LogP contribution is -2.44. The van der Waals surface area contributed by atoms with Crippen LogP contribution in [0, 0.1) is 0 Å². The summed E-state index contributed by atoms with van der Waals surface area (Å²) in [5.74, 6) is 0.503. The van der Waals surface area contributed by atoms with Crippen LogP contribution in [-0.2, 0) is 9.53 Å². The van der Waals surface area contributed by atoms with E-state index in [4.69, 9.17) is 4.74 Å². The molecule has 2 aliphatic rings. The Bertz CT molecular complexity index is 501. The van der Waals surface area contributed by atoms with Gasteiger partial charge in [0.15, 0.2) is 5.82 Å². The molecule has 0 unspecified atom stereocenters. The summed E-state index contributed by atoms with van der Waals surface area (Å²) in [6.07, 6.45) is 1.87. The zero-order chi connectivity index (χ0) is 14.8. The predicted octanol–water partition coefficient (Wildman–Crippen LogP) is 0.641. The van der Waals surface area contributed by atoms with Gasteiger partial charge in [-0.2, -0.15) is 5.10 Å². The van der Waals surface area contributed by atoms with Gasteiger partial charge in [-0.1, -0.05) is 0 Å². The largest absolute Gasteiger partial charge is 0.464 e. The molecule has 3 heterocycles. The zero-order valence-corrected chi connectivity index (χ0v) is 12.0. The van der Waals surface area contributed by atoms with Crippen molar-refractivity contribution in [2.45, 2.75) is 31.1 Å². The maximum absolute atomic E-state index is 13.8. The number of anilines is 1. The van der Waals surface area contributed by atoms with E-state index in [9.17, 15) is 9.18 Å². The first kappa shape index (κ1) is 14.2. The fraction of sp³-hybridized carbons (Fsp3) is 0.643. The molecule has 1 aromatic heterocycles. The normalized spacial score (nSPS) is 29.2. The van der Waals surface area contributed by atoms with Gasteiger partial charge in [-0.3, -0.25) is 9.69 Å². The van der Waals surface area contributed by atoms with Crippen molar-refractivity contribution in [1.82, 2.24) is 15.1 Å². The first-order valence-electron chi connectivity index (χ1n) is 7.20. The Morgan fingerprint density at radius 2 is 2.43 bits per heavy atom. The molecule has 0 aliphatic carbocycles. The van der Waals surface area contributed by atoms with Crippen molar-refractivity contribution in [3.05, 3.63) is 18.3 Å². The Morgan fingerprint density at radius 3 is 3.10 bits per heavy atom. The lowest BCUT2D eigenvalue weighted by atomic mass is 10.1. The average molecular weight is 294 g/mol. The van der Waals surface area contributed by atoms with Crippen LogP contribution in [0.5, 0.6) is 0 Å². The second kappa shape index (κ2) is 5.93. The number of ether oxygens (including phenoxy) is 1. The smallest absolute Gasteiger partial charge is 0.323 e. The van der Waals surface area contributed by atoms with Crippen LogP contribution in [0.25, 0.3) is 0 Å². The van der Waals surface area contributed by atoms with E-state index in [-0.39, 0.29) is 18.1 Å². The van der Waals surface area contributed by atoms with Gasteiger partial charge in [-0.05, 0) is 19.2 Å². The highest BCUT2D eigenvalue weighted by atomic mass is 19.1. The van der Waals surface area contributed by atoms with Crippen molar-refractivity contribution in [1.29, 1.82) is 0 Å². The number of nitrogens with zero attached hydrogens (tertiary/aromatic N) is 4. The maximum Gasteiger partial charge on any atom is 0.323 e. The summed E-state index contributed by atoms with van der Waals surface area (Å²) in [6, 6.07) is 3.41. The Balaban J connectivity index is 1.69. The third-order valence-corrected chi connectivity index (χ3v) is 4.15. The fourth-order valence-electron chi connectivity index (χ4n) is 3.10. The SMILES string of the molecule is CN(C[C@@H]1C[C@H](F)CN1c1cccnn1)[C@@H]1CCOC1=O. The highest BCUT2D eigenvalue weighted by Crippen LogP contribution is 2.26. The number of rotatable bonds is 4. The third kappa shape index (κ3) is 2.97. The second-order valence-electron chi connectivity index (χ2n) is 5.63. The molecule has 0 spiro atoms. The summed E-state index contributed by atoms with van der Waals surface area (Å²) in [6.45, 7) is 1.40. The van der Waals surface area contributed by atoms with Crippen LogP contribution in [0.1, 0.15) is 12.8 Å². The van der Waals surface area contributed by atoms with E-state index in [1.807, 2.05) is 22.9 Å². The van der Waals surface area contributed by atoms with Crippen LogP contribution in [-0.4, -0.2) is 66.1 Å². The quantitative estimate of drug-likeness (QED) is 0.760. The molecule has 0 aromatic carbocycles. The van der Waals surface area contributed by atoms with Crippen molar-refractivity contribution in [3.8, 4) is 0 Å². The van der Waals surface area contributed by atoms with E-state index in [1.54, 1.807) is 12.3 Å². The van der Waals surface area contributed by atoms with Crippen molar-refractivity contribution in [2.75, 3.05) is 31.6 Å². The summed E-state index contributed by atoms with van der Waals surface area (Å²) in [5.41, 5.74) is 0. The Kier molecular flexibility index (Phi) is 4.01. The maximum atomic E-state index is 13.8. The monoisotopic (exact) mass is 294 g/mol. The molecule has 6 nitrogen and oxygen atoms in total. The standard InChI is InChI=1S/C14H19FN4O2/c1-18(12-4-6-21-14(12)20)9-11-7-10(15)8-19(11)13-3-2-5-16-17-13/h2-3,5,10-12H,4,6-9H2,1H3/t10-,11-,12+/m0/s1. The number of hydrogen-bond donors (Lipinski definition) is 0. The number of aromatic nitrogens is 2. The molecule has 2 fully saturated rings. The molecule has 2 saturated heterocycles. The number of likely N-dealkylation sites (N-methyl/N-ethyl adjacent to an activating group) is 1. The van der Waals surface area contributed by atoms with E-state index in [1.165, 1.54) is 0 Å². The molecule has 0 bridgehead atoms. The molecule has 3 atom stereocenters. The van der Waals surface area contributed by atoms with E-state index in [0.29, 0.717) is 38.4 Å². The lowest BCUT2D eigenvalue weighted by Gasteiger charge is -2.30. The van der Waals surface area contributed by atoms with Crippen LogP contribution in [0.15, 0.2) is 18.3 Å². The van der Waals surface area contributed by atoms with Crippen molar-refractivity contribution in [3.63, 3.8) is 0 Å². The topological polar surface area (TPSA) is 58.6 Å². The summed E-state index contributed by atoms with van der Waals surface area (Å²) in [4.78, 5) is 15.5. The Labute approximate surface area is 122 Å². The number of hydrogen-bond acceptors (Lipinski definition) is 6. The van der Waals surface area contributed by atoms with E-state index in [2.05, 4.69) is 10.2 Å². The van der Waals surface area contributed by atoms with Crippen LogP contribution < -0.4 is 4.90 Å². The molecule has 114 valence electrons. The zero-order valence-electron chi connectivity index (χ0n) is 12.0. The first-order chi connectivity index (χ1) is 10.1. The Hall–Kier alpha value is -1.76. The van der Waals surface area contributed by atoms with Crippen LogP contribution in [0.2, 0.25) is 0 Å². The van der Waals surface area contributed by atoms with Crippen LogP contribution >= 0.6 is 0 Å². The van der Waals surface area contributed by atoms with Gasteiger partial charge in [0.2, 0.25) is 0 Å². The number of halogens is 1. The van der Waals surface area contributed by atoms with Gasteiger partial charge >= 0.3 is 5.97 Å². The van der Waals surface area contributed by atoms with E-state index in [0.717, 1.165) is 0 Å². The van der Waals surface area contributed by atoms with Crippen molar-refractivity contribution < 1.29 is 13.9 Å². The molecule has 0 radical (unpaired) electrons. The third-order valence-electron chi connectivity index (χ3n) is 4.15. The number of carbonyl (C=O) groups is 1. The number of carbonyl (C=O) groups excluding carboxylic acids is 1. The number of esters is 1. The summed E-state index contributed by atoms with van der Waals surface area (Å²) < 4.78 is 18.8. The van der Waals surface area contributed by atoms with Crippen molar-refractivity contribution >= 4 is 11.8 Å². The minimum atomic E-state index is -0.874. The van der Waals surface area contributed by atoms with Gasteiger partial charge in [0, 0.05) is 31.6 Å². The molecule has 0 amide bonds. The van der Waals surface area contributed by atoms with Gasteiger partial charge < -0.3 is 9.64 Å². The van der Waals surface area contributed by atoms with Crippen LogP contribution in [0.4, 0.5) is 10.2 Å². The highest BCUT2D eigenvalue weighted by molar-refractivity contribution is 5.77. The molecule has 1 aromatic rings. The molecular formula is C14H19FN4O2. The summed E-state index contributed by atoms with van der Waals surface area (Å²) in [5, 5.41) is 7.92. The highest BCUT2D eigenvalue weighted by Gasteiger charge is 2.37. The van der Waals surface area contributed by atoms with Gasteiger partial charge in [-0.15, -0.1) is 5.10 Å². The summed E-state index contributed by atoms with van der Waals surface area (Å²) >= 11 is 0. The van der Waals surface area contributed by atoms with Crippen LogP contribution in [0.3, 0.4) is 0 Å². The molecule has 21 heavy (non-hydrogen) atoms. The second-order valence-corrected chi connectivity index (χ2v) is 5.63. The van der Waals surface area contributed by atoms with Gasteiger partial charge in [0.1, 0.15) is 12.2 Å². The van der Waals surface area contributed by atoms with E-state index >= 15 is 0 Å². The minimum Gasteiger partial charge on any atom is -0.464 e. The number of alkyl halides is 1.